The predicted molar refractivity (Wildman–Crippen MR) is 115 cm³/mol. The van der Waals surface area contributed by atoms with Crippen LogP contribution in [0.4, 0.5) is 0 Å². The first kappa shape index (κ1) is 23.0. The van der Waals surface area contributed by atoms with Crippen LogP contribution in [-0.4, -0.2) is 79.5 Å². The summed E-state index contributed by atoms with van der Waals surface area (Å²) in [5, 5.41) is 65.8. The normalized spacial score (nSPS) is 36.4. The van der Waals surface area contributed by atoms with Crippen molar-refractivity contribution in [2.75, 3.05) is 19.8 Å². The molecule has 0 aromatic heterocycles. The Balaban J connectivity index is 1.75. The number of aliphatic hydroxyl groups excluding tert-OH is 3. The van der Waals surface area contributed by atoms with E-state index in [0.717, 1.165) is 0 Å². The van der Waals surface area contributed by atoms with Crippen LogP contribution in [0.25, 0.3) is 0 Å². The lowest BCUT2D eigenvalue weighted by Gasteiger charge is -2.80. The van der Waals surface area contributed by atoms with Crippen LogP contribution < -0.4 is 9.47 Å². The van der Waals surface area contributed by atoms with Crippen molar-refractivity contribution in [3.63, 3.8) is 0 Å². The van der Waals surface area contributed by atoms with Gasteiger partial charge in [-0.3, -0.25) is 0 Å². The van der Waals surface area contributed by atoms with Gasteiger partial charge in [0.15, 0.2) is 0 Å². The van der Waals surface area contributed by atoms with Gasteiger partial charge in [0.1, 0.15) is 34.4 Å². The molecule has 8 nitrogen and oxygen atoms in total. The molecule has 0 radical (unpaired) electrons. The molecule has 174 valence electrons. The first-order chi connectivity index (χ1) is 15.2. The second kappa shape index (κ2) is 7.98. The highest BCUT2D eigenvalue weighted by Gasteiger charge is 2.93. The lowest BCUT2D eigenvalue weighted by Crippen LogP contribution is -2.99. The van der Waals surface area contributed by atoms with Gasteiger partial charge in [0.05, 0.1) is 31.8 Å². The van der Waals surface area contributed by atoms with Crippen molar-refractivity contribution >= 4 is 0 Å². The molecule has 2 aromatic carbocycles. The summed E-state index contributed by atoms with van der Waals surface area (Å²) >= 11 is 0. The molecule has 0 amide bonds. The van der Waals surface area contributed by atoms with Gasteiger partial charge < -0.3 is 40.1 Å². The van der Waals surface area contributed by atoms with Crippen LogP contribution in [0.5, 0.6) is 11.5 Å². The molecule has 0 bridgehead atoms. The van der Waals surface area contributed by atoms with E-state index in [-0.39, 0.29) is 0 Å². The third kappa shape index (κ3) is 2.71. The Morgan fingerprint density at radius 3 is 1.75 bits per heavy atom. The maximum Gasteiger partial charge on any atom is 0.138 e. The van der Waals surface area contributed by atoms with Crippen LogP contribution in [0, 0.1) is 0 Å². The minimum atomic E-state index is -2.31. The van der Waals surface area contributed by atoms with Crippen LogP contribution in [-0.2, 0) is 0 Å². The monoisotopic (exact) mass is 446 g/mol. The number of ether oxygens (including phenoxy) is 2. The maximum atomic E-state index is 11.6. The van der Waals surface area contributed by atoms with Gasteiger partial charge in [-0.2, -0.15) is 0 Å². The van der Waals surface area contributed by atoms with E-state index < -0.39 is 47.5 Å². The lowest BCUT2D eigenvalue weighted by atomic mass is 9.30. The number of aliphatic hydroxyl groups is 6. The SMILES string of the molecule is CCOc1ccc(C2C(O)[C@@]3(O)C(c4ccc(OCC)cc4)[C@@](O)([C@H](O)CO)[C@@]23O)cc1. The summed E-state index contributed by atoms with van der Waals surface area (Å²) in [6.07, 6.45) is -3.18. The van der Waals surface area contributed by atoms with Crippen LogP contribution in [0.1, 0.15) is 36.8 Å². The molecule has 2 saturated carbocycles. The highest BCUT2D eigenvalue weighted by molar-refractivity contribution is 5.56. The molecule has 7 atom stereocenters. The first-order valence-corrected chi connectivity index (χ1v) is 10.8. The van der Waals surface area contributed by atoms with E-state index in [9.17, 15) is 30.6 Å². The molecule has 0 spiro atoms. The quantitative estimate of drug-likeness (QED) is 0.340. The molecule has 0 heterocycles. The molecule has 2 fully saturated rings. The van der Waals surface area contributed by atoms with Gasteiger partial charge in [0.2, 0.25) is 0 Å². The van der Waals surface area contributed by atoms with E-state index in [1.165, 1.54) is 0 Å². The summed E-state index contributed by atoms with van der Waals surface area (Å²) in [6.45, 7) is 3.78. The van der Waals surface area contributed by atoms with Crippen molar-refractivity contribution in [3.05, 3.63) is 59.7 Å². The average Bonchev–Trinajstić information content (AvgIpc) is 2.80. The molecule has 0 saturated heterocycles. The van der Waals surface area contributed by atoms with Gasteiger partial charge in [0.25, 0.3) is 0 Å². The Morgan fingerprint density at radius 2 is 1.31 bits per heavy atom. The zero-order chi connectivity index (χ0) is 23.3. The van der Waals surface area contributed by atoms with Gasteiger partial charge in [-0.25, -0.2) is 0 Å². The first-order valence-electron chi connectivity index (χ1n) is 10.8. The summed E-state index contributed by atoms with van der Waals surface area (Å²) in [6, 6.07) is 13.1. The highest BCUT2D eigenvalue weighted by atomic mass is 16.5. The highest BCUT2D eigenvalue weighted by Crippen LogP contribution is 2.75. The second-order valence-corrected chi connectivity index (χ2v) is 8.48. The largest absolute Gasteiger partial charge is 0.494 e. The fraction of sp³-hybridized carbons (Fsp3) is 0.500. The fourth-order valence-electron chi connectivity index (χ4n) is 5.68. The van der Waals surface area contributed by atoms with Crippen molar-refractivity contribution in [1.82, 2.24) is 0 Å². The zero-order valence-corrected chi connectivity index (χ0v) is 18.0. The molecule has 32 heavy (non-hydrogen) atoms. The molecular weight excluding hydrogens is 416 g/mol. The number of hydrogen-bond acceptors (Lipinski definition) is 8. The Labute approximate surface area is 186 Å². The second-order valence-electron chi connectivity index (χ2n) is 8.48. The average molecular weight is 446 g/mol. The third-order valence-electron chi connectivity index (χ3n) is 7.07. The summed E-state index contributed by atoms with van der Waals surface area (Å²) < 4.78 is 10.8. The van der Waals surface area contributed by atoms with Gasteiger partial charge in [0, 0.05) is 5.92 Å². The van der Waals surface area contributed by atoms with E-state index in [0.29, 0.717) is 35.8 Å². The van der Waals surface area contributed by atoms with Gasteiger partial charge in [-0.05, 0) is 49.2 Å². The Morgan fingerprint density at radius 1 is 0.844 bits per heavy atom. The summed E-state index contributed by atoms with van der Waals surface area (Å²) in [7, 11) is 0. The molecule has 0 aliphatic heterocycles. The number of benzene rings is 2. The van der Waals surface area contributed by atoms with Crippen LogP contribution in [0.2, 0.25) is 0 Å². The Bertz CT molecular complexity index is 945. The molecule has 8 heteroatoms. The van der Waals surface area contributed by atoms with Crippen molar-refractivity contribution in [2.45, 2.75) is 54.7 Å². The Kier molecular flexibility index (Phi) is 5.73. The van der Waals surface area contributed by atoms with Crippen LogP contribution in [0.15, 0.2) is 48.5 Å². The predicted octanol–water partition coefficient (Wildman–Crippen LogP) is 0.286. The smallest absolute Gasteiger partial charge is 0.138 e. The summed E-state index contributed by atoms with van der Waals surface area (Å²) in [5.74, 6) is -1.16. The van der Waals surface area contributed by atoms with E-state index in [1.54, 1.807) is 48.5 Å². The van der Waals surface area contributed by atoms with E-state index in [1.807, 2.05) is 13.8 Å². The van der Waals surface area contributed by atoms with Crippen molar-refractivity contribution in [3.8, 4) is 11.5 Å². The van der Waals surface area contributed by atoms with Gasteiger partial charge >= 0.3 is 0 Å². The van der Waals surface area contributed by atoms with Gasteiger partial charge in [-0.1, -0.05) is 24.3 Å². The van der Waals surface area contributed by atoms with Crippen molar-refractivity contribution in [1.29, 1.82) is 0 Å². The fourth-order valence-corrected chi connectivity index (χ4v) is 5.68. The van der Waals surface area contributed by atoms with Crippen LogP contribution in [0.3, 0.4) is 0 Å². The molecular formula is C24H30O8. The zero-order valence-electron chi connectivity index (χ0n) is 18.0. The molecule has 4 rings (SSSR count). The maximum absolute atomic E-state index is 11.6. The number of hydrogen-bond donors (Lipinski definition) is 6. The Hall–Kier alpha value is -2.20. The third-order valence-corrected chi connectivity index (χ3v) is 7.07. The lowest BCUT2D eigenvalue weighted by molar-refractivity contribution is -0.459. The molecule has 2 aliphatic carbocycles. The number of rotatable bonds is 8. The van der Waals surface area contributed by atoms with E-state index in [4.69, 9.17) is 9.47 Å². The van der Waals surface area contributed by atoms with Crippen molar-refractivity contribution in [2.24, 2.45) is 0 Å². The van der Waals surface area contributed by atoms with E-state index >= 15 is 0 Å². The molecule has 2 aliphatic rings. The van der Waals surface area contributed by atoms with Crippen molar-refractivity contribution < 1.29 is 40.1 Å². The minimum absolute atomic E-state index is 0.389. The summed E-state index contributed by atoms with van der Waals surface area (Å²) in [4.78, 5) is 0. The minimum Gasteiger partial charge on any atom is -0.494 e. The molecule has 2 aromatic rings. The standard InChI is InChI=1S/C24H30O8/c1-3-31-16-9-5-14(6-10-16)19-21(27)23(29)20(15-7-11-17(12-8-15)32-4-2)22(28,18(26)13-25)24(19,23)30/h5-12,18-21,25-30H,3-4,13H2,1-2H3/t18-,19?,20?,21?,22+,23+,24+/m1/s1. The molecule has 6 N–H and O–H groups in total. The van der Waals surface area contributed by atoms with E-state index in [2.05, 4.69) is 0 Å². The molecule has 3 unspecified atom stereocenters. The summed E-state index contributed by atoms with van der Waals surface area (Å²) in [5.41, 5.74) is -5.89. The topological polar surface area (TPSA) is 140 Å². The van der Waals surface area contributed by atoms with Crippen LogP contribution >= 0.6 is 0 Å². The number of fused-ring (bicyclic) bond motifs is 1. The van der Waals surface area contributed by atoms with Gasteiger partial charge in [-0.15, -0.1) is 0 Å².